The van der Waals surface area contributed by atoms with Gasteiger partial charge in [-0.25, -0.2) is 0 Å². The second kappa shape index (κ2) is 9.72. The fraction of sp³-hybridized carbons (Fsp3) is 0.381. The van der Waals surface area contributed by atoms with Crippen molar-refractivity contribution in [3.05, 3.63) is 71.8 Å². The molecule has 0 bridgehead atoms. The Morgan fingerprint density at radius 1 is 1.12 bits per heavy atom. The number of amides is 1. The molecule has 3 N–H and O–H groups in total. The van der Waals surface area contributed by atoms with Crippen LogP contribution in [-0.2, 0) is 11.2 Å². The van der Waals surface area contributed by atoms with E-state index in [1.807, 2.05) is 65.6 Å². The molecule has 1 heterocycles. The molecule has 3 unspecified atom stereocenters. The van der Waals surface area contributed by atoms with Crippen LogP contribution in [-0.4, -0.2) is 34.5 Å². The normalized spacial score (nSPS) is 18.8. The minimum Gasteiger partial charge on any atom is -0.388 e. The number of nitrogens with zero attached hydrogens (tertiary/aromatic N) is 1. The zero-order valence-corrected chi connectivity index (χ0v) is 15.6. The predicted octanol–water partition coefficient (Wildman–Crippen LogP) is 3.09. The van der Waals surface area contributed by atoms with Crippen molar-refractivity contribution in [1.29, 1.82) is 0 Å². The Bertz CT molecular complexity index is 681. The molecule has 0 aromatic heterocycles. The molecule has 0 spiro atoms. The van der Waals surface area contributed by atoms with Gasteiger partial charge in [0.25, 0.3) is 0 Å². The maximum Gasteiger partial charge on any atom is 0.240 e. The molecule has 2 aromatic rings. The maximum atomic E-state index is 12.8. The van der Waals surface area contributed by atoms with Crippen molar-refractivity contribution in [2.75, 3.05) is 6.54 Å². The molecular formula is C21H27ClN2O2. The molecule has 26 heavy (non-hydrogen) atoms. The standard InChI is InChI=1S/C21H26N2O2.ClH/c22-19(14-16-8-3-1-4-9-16)21(25)23-13-7-12-18(23)15-20(24)17-10-5-2-6-11-17;/h1-6,8-11,18-20,24H,7,12-15,22H2;1H. The number of carbonyl (C=O) groups is 1. The number of halogens is 1. The molecule has 0 saturated carbocycles. The van der Waals surface area contributed by atoms with Crippen LogP contribution >= 0.6 is 12.4 Å². The van der Waals surface area contributed by atoms with Gasteiger partial charge in [-0.1, -0.05) is 60.7 Å². The molecule has 2 aromatic carbocycles. The zero-order valence-electron chi connectivity index (χ0n) is 14.8. The number of benzene rings is 2. The number of likely N-dealkylation sites (tertiary alicyclic amines) is 1. The van der Waals surface area contributed by atoms with E-state index in [-0.39, 0.29) is 24.4 Å². The van der Waals surface area contributed by atoms with Gasteiger partial charge in [0.2, 0.25) is 5.91 Å². The fourth-order valence-corrected chi connectivity index (χ4v) is 3.61. The highest BCUT2D eigenvalue weighted by atomic mass is 35.5. The molecule has 4 nitrogen and oxygen atoms in total. The topological polar surface area (TPSA) is 66.6 Å². The van der Waals surface area contributed by atoms with Crippen LogP contribution in [0.15, 0.2) is 60.7 Å². The number of carbonyl (C=O) groups excluding carboxylic acids is 1. The molecule has 3 rings (SSSR count). The number of hydrogen-bond acceptors (Lipinski definition) is 3. The predicted molar refractivity (Wildman–Crippen MR) is 106 cm³/mol. The van der Waals surface area contributed by atoms with E-state index in [1.165, 1.54) is 0 Å². The lowest BCUT2D eigenvalue weighted by Gasteiger charge is -2.29. The fourth-order valence-electron chi connectivity index (χ4n) is 3.61. The monoisotopic (exact) mass is 374 g/mol. The van der Waals surface area contributed by atoms with Crippen molar-refractivity contribution in [1.82, 2.24) is 4.90 Å². The molecule has 140 valence electrons. The highest BCUT2D eigenvalue weighted by molar-refractivity contribution is 5.85. The van der Waals surface area contributed by atoms with Crippen LogP contribution in [0, 0.1) is 0 Å². The van der Waals surface area contributed by atoms with Gasteiger partial charge >= 0.3 is 0 Å². The molecule has 5 heteroatoms. The van der Waals surface area contributed by atoms with E-state index >= 15 is 0 Å². The number of aliphatic hydroxyl groups excluding tert-OH is 1. The van der Waals surface area contributed by atoms with Crippen LogP contribution < -0.4 is 5.73 Å². The van der Waals surface area contributed by atoms with E-state index in [4.69, 9.17) is 5.73 Å². The first-order valence-corrected chi connectivity index (χ1v) is 8.98. The summed E-state index contributed by atoms with van der Waals surface area (Å²) in [6.45, 7) is 0.730. The van der Waals surface area contributed by atoms with Crippen molar-refractivity contribution in [2.24, 2.45) is 5.73 Å². The van der Waals surface area contributed by atoms with E-state index in [0.717, 1.165) is 30.5 Å². The Morgan fingerprint density at radius 2 is 1.73 bits per heavy atom. The van der Waals surface area contributed by atoms with Gasteiger partial charge in [-0.05, 0) is 36.8 Å². The first-order valence-electron chi connectivity index (χ1n) is 8.98. The van der Waals surface area contributed by atoms with Gasteiger partial charge in [-0.3, -0.25) is 4.79 Å². The molecule has 1 saturated heterocycles. The molecule has 1 amide bonds. The largest absolute Gasteiger partial charge is 0.388 e. The summed E-state index contributed by atoms with van der Waals surface area (Å²) in [7, 11) is 0. The van der Waals surface area contributed by atoms with Crippen LogP contribution in [0.25, 0.3) is 0 Å². The van der Waals surface area contributed by atoms with E-state index in [0.29, 0.717) is 12.8 Å². The van der Waals surface area contributed by atoms with Crippen LogP contribution in [0.2, 0.25) is 0 Å². The molecule has 1 aliphatic heterocycles. The van der Waals surface area contributed by atoms with E-state index < -0.39 is 12.1 Å². The summed E-state index contributed by atoms with van der Waals surface area (Å²) in [5.41, 5.74) is 8.15. The third kappa shape index (κ3) is 5.07. The smallest absolute Gasteiger partial charge is 0.240 e. The Labute approximate surface area is 161 Å². The highest BCUT2D eigenvalue weighted by Crippen LogP contribution is 2.28. The minimum absolute atomic E-state index is 0. The van der Waals surface area contributed by atoms with Gasteiger partial charge < -0.3 is 15.7 Å². The molecule has 1 aliphatic rings. The second-order valence-electron chi connectivity index (χ2n) is 6.79. The maximum absolute atomic E-state index is 12.8. The summed E-state index contributed by atoms with van der Waals surface area (Å²) >= 11 is 0. The first kappa shape index (κ1) is 20.4. The number of aliphatic hydroxyl groups is 1. The Balaban J connectivity index is 0.00000243. The minimum atomic E-state index is -0.551. The van der Waals surface area contributed by atoms with Crippen molar-refractivity contribution in [2.45, 2.75) is 43.9 Å². The second-order valence-corrected chi connectivity index (χ2v) is 6.79. The lowest BCUT2D eigenvalue weighted by atomic mass is 9.99. The van der Waals surface area contributed by atoms with Gasteiger partial charge in [0, 0.05) is 12.6 Å². The Kier molecular flexibility index (Phi) is 7.64. The van der Waals surface area contributed by atoms with Gasteiger partial charge in [-0.2, -0.15) is 0 Å². The van der Waals surface area contributed by atoms with Crippen LogP contribution in [0.3, 0.4) is 0 Å². The van der Waals surface area contributed by atoms with Gasteiger partial charge in [-0.15, -0.1) is 12.4 Å². The third-order valence-corrected chi connectivity index (χ3v) is 4.96. The van der Waals surface area contributed by atoms with Crippen LogP contribution in [0.1, 0.15) is 36.5 Å². The average Bonchev–Trinajstić information content (AvgIpc) is 3.10. The lowest BCUT2D eigenvalue weighted by Crippen LogP contribution is -2.47. The van der Waals surface area contributed by atoms with Crippen LogP contribution in [0.4, 0.5) is 0 Å². The first-order chi connectivity index (χ1) is 12.1. The quantitative estimate of drug-likeness (QED) is 0.816. The van der Waals surface area contributed by atoms with E-state index in [1.54, 1.807) is 0 Å². The van der Waals surface area contributed by atoms with Gasteiger partial charge in [0.15, 0.2) is 0 Å². The SMILES string of the molecule is Cl.NC(Cc1ccccc1)C(=O)N1CCCC1CC(O)c1ccccc1. The van der Waals surface area contributed by atoms with Crippen LogP contribution in [0.5, 0.6) is 0 Å². The van der Waals surface area contributed by atoms with Crippen molar-refractivity contribution in [3.63, 3.8) is 0 Å². The summed E-state index contributed by atoms with van der Waals surface area (Å²) in [4.78, 5) is 14.7. The summed E-state index contributed by atoms with van der Waals surface area (Å²) in [5, 5.41) is 10.5. The number of nitrogens with two attached hydrogens (primary N) is 1. The zero-order chi connectivity index (χ0) is 17.6. The lowest BCUT2D eigenvalue weighted by molar-refractivity contribution is -0.133. The van der Waals surface area contributed by atoms with Gasteiger partial charge in [0.1, 0.15) is 0 Å². The average molecular weight is 375 g/mol. The van der Waals surface area contributed by atoms with E-state index in [9.17, 15) is 9.90 Å². The van der Waals surface area contributed by atoms with Gasteiger partial charge in [0.05, 0.1) is 12.1 Å². The van der Waals surface area contributed by atoms with Crippen molar-refractivity contribution < 1.29 is 9.90 Å². The molecule has 1 fully saturated rings. The van der Waals surface area contributed by atoms with E-state index in [2.05, 4.69) is 0 Å². The Morgan fingerprint density at radius 3 is 2.38 bits per heavy atom. The molecule has 0 radical (unpaired) electrons. The molecular weight excluding hydrogens is 348 g/mol. The summed E-state index contributed by atoms with van der Waals surface area (Å²) < 4.78 is 0. The summed E-state index contributed by atoms with van der Waals surface area (Å²) in [5.74, 6) is -0.00776. The number of hydrogen-bond donors (Lipinski definition) is 2. The molecule has 3 atom stereocenters. The summed E-state index contributed by atoms with van der Waals surface area (Å²) in [6, 6.07) is 19.0. The number of rotatable bonds is 6. The van der Waals surface area contributed by atoms with Crippen molar-refractivity contribution in [3.8, 4) is 0 Å². The Hall–Kier alpha value is -1.88. The highest BCUT2D eigenvalue weighted by Gasteiger charge is 2.33. The molecule has 0 aliphatic carbocycles. The van der Waals surface area contributed by atoms with Crippen molar-refractivity contribution >= 4 is 18.3 Å². The third-order valence-electron chi connectivity index (χ3n) is 4.96. The summed E-state index contributed by atoms with van der Waals surface area (Å²) in [6.07, 6.45) is 2.45.